The van der Waals surface area contributed by atoms with Crippen LogP contribution in [0.3, 0.4) is 0 Å². The van der Waals surface area contributed by atoms with E-state index in [1.165, 1.54) is 12.1 Å². The fraction of sp³-hybridized carbons (Fsp3) is 0.500. The molecule has 1 fully saturated rings. The van der Waals surface area contributed by atoms with E-state index in [-0.39, 0.29) is 10.5 Å². The van der Waals surface area contributed by atoms with E-state index in [4.69, 9.17) is 16.4 Å². The molecule has 0 N–H and O–H groups in total. The van der Waals surface area contributed by atoms with Crippen molar-refractivity contribution in [3.63, 3.8) is 0 Å². The van der Waals surface area contributed by atoms with Crippen LogP contribution in [0.1, 0.15) is 35.7 Å². The Kier molecular flexibility index (Phi) is 1.10. The standard InChI is InChI=1S/C14H19NO/c1-11-8-15(9-12(2)14(11)16)10-13-6-4-3-5-7-13/h3-7,11-12H,8-10H2,1-2H3/i1D3,2D3,8D2,9D2,11D,12D. The molecule has 2 nitrogen and oxygen atoms in total. The van der Waals surface area contributed by atoms with Crippen LogP contribution in [0.15, 0.2) is 30.3 Å². The second-order valence-electron chi connectivity index (χ2n) is 3.37. The number of rotatable bonds is 2. The lowest BCUT2D eigenvalue weighted by molar-refractivity contribution is -0.130. The molecule has 0 bridgehead atoms. The fourth-order valence-corrected chi connectivity index (χ4v) is 1.37. The first-order valence-corrected chi connectivity index (χ1v) is 4.73. The van der Waals surface area contributed by atoms with Gasteiger partial charge in [-0.05, 0) is 5.56 Å². The number of hydrogen-bond acceptors (Lipinski definition) is 2. The summed E-state index contributed by atoms with van der Waals surface area (Å²) in [4.78, 5) is 13.1. The molecular weight excluding hydrogens is 198 g/mol. The molecule has 1 saturated heterocycles. The molecule has 1 aliphatic rings. The zero-order valence-corrected chi connectivity index (χ0v) is 8.45. The number of carbonyl (C=O) groups is 1. The van der Waals surface area contributed by atoms with E-state index in [1.807, 2.05) is 0 Å². The van der Waals surface area contributed by atoms with Gasteiger partial charge in [0.1, 0.15) is 5.78 Å². The number of ketones is 1. The van der Waals surface area contributed by atoms with Gasteiger partial charge in [-0.25, -0.2) is 0 Å². The van der Waals surface area contributed by atoms with Crippen molar-refractivity contribution in [3.05, 3.63) is 35.9 Å². The molecule has 0 spiro atoms. The van der Waals surface area contributed by atoms with Crippen LogP contribution in [-0.4, -0.2) is 23.7 Å². The number of nitrogens with zero attached hydrogens (tertiary/aromatic N) is 1. The summed E-state index contributed by atoms with van der Waals surface area (Å²) in [5.74, 6) is -9.54. The molecular formula is C14H19NO. The van der Waals surface area contributed by atoms with Gasteiger partial charge in [-0.1, -0.05) is 44.0 Å². The maximum atomic E-state index is 12.9. The average Bonchev–Trinajstić information content (AvgIpc) is 2.54. The fourth-order valence-electron chi connectivity index (χ4n) is 1.37. The van der Waals surface area contributed by atoms with E-state index in [0.29, 0.717) is 0 Å². The molecule has 1 aromatic carbocycles. The van der Waals surface area contributed by atoms with Crippen LogP contribution >= 0.6 is 0 Å². The molecule has 0 amide bonds. The number of carbonyl (C=O) groups excluding carboxylic acids is 1. The van der Waals surface area contributed by atoms with E-state index in [0.717, 1.165) is 0 Å². The summed E-state index contributed by atoms with van der Waals surface area (Å²) in [5, 5.41) is 0. The van der Waals surface area contributed by atoms with Gasteiger partial charge in [0.2, 0.25) is 0 Å². The van der Waals surface area contributed by atoms with Gasteiger partial charge in [0.25, 0.3) is 0 Å². The minimum atomic E-state index is -3.70. The average molecular weight is 229 g/mol. The van der Waals surface area contributed by atoms with E-state index in [1.54, 1.807) is 18.2 Å². The van der Waals surface area contributed by atoms with Crippen molar-refractivity contribution in [1.29, 1.82) is 0 Å². The lowest BCUT2D eigenvalue weighted by atomic mass is 9.90. The molecule has 1 aliphatic heterocycles. The van der Waals surface area contributed by atoms with Gasteiger partial charge in [-0.3, -0.25) is 9.69 Å². The molecule has 2 atom stereocenters. The molecule has 0 aliphatic carbocycles. The van der Waals surface area contributed by atoms with E-state index in [9.17, 15) is 4.79 Å². The number of likely N-dealkylation sites (tertiary alicyclic amines) is 1. The molecule has 86 valence electrons. The lowest BCUT2D eigenvalue weighted by Gasteiger charge is -2.33. The maximum Gasteiger partial charge on any atom is 0.141 e. The van der Waals surface area contributed by atoms with Crippen LogP contribution in [0, 0.1) is 11.8 Å². The Balaban J connectivity index is 2.83. The summed E-state index contributed by atoms with van der Waals surface area (Å²) in [6.07, 6.45) is 0. The second kappa shape index (κ2) is 4.79. The van der Waals surface area contributed by atoms with Crippen LogP contribution in [-0.2, 0) is 11.3 Å². The van der Waals surface area contributed by atoms with Gasteiger partial charge in [0.15, 0.2) is 0 Å². The highest BCUT2D eigenvalue weighted by molar-refractivity contribution is 5.83. The molecule has 0 saturated carbocycles. The van der Waals surface area contributed by atoms with Gasteiger partial charge in [-0.15, -0.1) is 0 Å². The third-order valence-corrected chi connectivity index (χ3v) is 2.13. The number of Topliss-reactive ketones (excluding diaryl/α,β-unsaturated/α-hetero) is 1. The molecule has 1 aromatic rings. The Labute approximate surface area is 114 Å². The Morgan fingerprint density at radius 2 is 2.00 bits per heavy atom. The summed E-state index contributed by atoms with van der Waals surface area (Å²) in [7, 11) is 0. The van der Waals surface area contributed by atoms with Crippen molar-refractivity contribution >= 4 is 5.78 Å². The largest absolute Gasteiger partial charge is 0.299 e. The maximum absolute atomic E-state index is 12.9. The summed E-state index contributed by atoms with van der Waals surface area (Å²) < 4.78 is 94.7. The Hall–Kier alpha value is -1.15. The second-order valence-corrected chi connectivity index (χ2v) is 3.37. The number of benzene rings is 1. The number of hydrogen-bond donors (Lipinski definition) is 0. The highest BCUT2D eigenvalue weighted by Gasteiger charge is 2.29. The predicted octanol–water partition coefficient (Wildman–Crippen LogP) is 2.34. The molecule has 2 rings (SSSR count). The number of piperidine rings is 1. The van der Waals surface area contributed by atoms with Crippen LogP contribution < -0.4 is 0 Å². The first-order valence-electron chi connectivity index (χ1n) is 10.7. The SMILES string of the molecule is [2H]C([2H])([2H])C1([2H])C(=O)C([2H])(C([2H])([2H])[2H])C([2H])([2H])N(Cc2ccccc2)C1([2H])[2H]. The third-order valence-electron chi connectivity index (χ3n) is 2.13. The van der Waals surface area contributed by atoms with E-state index < -0.39 is 50.8 Å². The lowest BCUT2D eigenvalue weighted by Crippen LogP contribution is -2.44. The molecule has 2 heteroatoms. The summed E-state index contributed by atoms with van der Waals surface area (Å²) in [6.45, 7) is -14.8. The van der Waals surface area contributed by atoms with Gasteiger partial charge in [0.05, 0.1) is 0 Å². The van der Waals surface area contributed by atoms with Crippen molar-refractivity contribution in [1.82, 2.24) is 4.90 Å². The zero-order chi connectivity index (χ0) is 22.0. The summed E-state index contributed by atoms with van der Waals surface area (Å²) in [5.41, 5.74) is 0.283. The van der Waals surface area contributed by atoms with E-state index in [2.05, 4.69) is 0 Å². The molecule has 16 heavy (non-hydrogen) atoms. The highest BCUT2D eigenvalue weighted by atomic mass is 16.1. The van der Waals surface area contributed by atoms with Gasteiger partial charge in [0, 0.05) is 47.8 Å². The summed E-state index contributed by atoms with van der Waals surface area (Å²) in [6, 6.07) is 7.64. The van der Waals surface area contributed by atoms with Crippen LogP contribution in [0.2, 0.25) is 0 Å². The zero-order valence-electron chi connectivity index (χ0n) is 20.4. The molecule has 0 radical (unpaired) electrons. The predicted molar refractivity (Wildman–Crippen MR) is 65.1 cm³/mol. The van der Waals surface area contributed by atoms with Crippen molar-refractivity contribution in [3.8, 4) is 0 Å². The third kappa shape index (κ3) is 2.50. The highest BCUT2D eigenvalue weighted by Crippen LogP contribution is 2.19. The van der Waals surface area contributed by atoms with E-state index >= 15 is 0 Å². The Morgan fingerprint density at radius 1 is 1.38 bits per heavy atom. The first-order chi connectivity index (χ1) is 12.4. The van der Waals surface area contributed by atoms with Crippen LogP contribution in [0.25, 0.3) is 0 Å². The van der Waals surface area contributed by atoms with Gasteiger partial charge >= 0.3 is 0 Å². The molecule has 2 unspecified atom stereocenters. The Bertz CT molecular complexity index is 716. The van der Waals surface area contributed by atoms with Crippen molar-refractivity contribution in [2.75, 3.05) is 13.0 Å². The summed E-state index contributed by atoms with van der Waals surface area (Å²) >= 11 is 0. The van der Waals surface area contributed by atoms with Crippen molar-refractivity contribution in [2.45, 2.75) is 20.2 Å². The smallest absolute Gasteiger partial charge is 0.141 e. The van der Waals surface area contributed by atoms with Crippen molar-refractivity contribution in [2.24, 2.45) is 11.8 Å². The normalized spacial score (nSPS) is 55.1. The van der Waals surface area contributed by atoms with Crippen LogP contribution in [0.4, 0.5) is 0 Å². The molecule has 0 aromatic heterocycles. The minimum absolute atomic E-state index is 0.190. The van der Waals surface area contributed by atoms with Gasteiger partial charge < -0.3 is 0 Å². The molecule has 1 heterocycles. The van der Waals surface area contributed by atoms with Crippen molar-refractivity contribution < 1.29 is 21.2 Å². The monoisotopic (exact) mass is 229 g/mol. The van der Waals surface area contributed by atoms with Crippen LogP contribution in [0.5, 0.6) is 0 Å². The van der Waals surface area contributed by atoms with Gasteiger partial charge in [-0.2, -0.15) is 0 Å². The topological polar surface area (TPSA) is 20.3 Å². The minimum Gasteiger partial charge on any atom is -0.299 e. The quantitative estimate of drug-likeness (QED) is 0.776. The first kappa shape index (κ1) is 3.67. The Morgan fingerprint density at radius 3 is 2.56 bits per heavy atom.